The zero-order valence-corrected chi connectivity index (χ0v) is 8.25. The summed E-state index contributed by atoms with van der Waals surface area (Å²) in [6.45, 7) is 5.95. The minimum Gasteiger partial charge on any atom is -0.308 e. The van der Waals surface area contributed by atoms with Crippen LogP contribution < -0.4 is 5.32 Å². The number of nitrogens with one attached hydrogen (secondary N) is 1. The summed E-state index contributed by atoms with van der Waals surface area (Å²) in [5.74, 6) is 0. The smallest absolute Gasteiger partial charge is 0.0541 e. The Morgan fingerprint density at radius 3 is 2.92 bits per heavy atom. The molecule has 0 amide bonds. The van der Waals surface area contributed by atoms with Gasteiger partial charge in [0.25, 0.3) is 0 Å². The van der Waals surface area contributed by atoms with Crippen molar-refractivity contribution in [2.45, 2.75) is 20.4 Å². The number of pyridine rings is 1. The molecule has 0 atom stereocenters. The lowest BCUT2D eigenvalue weighted by Gasteiger charge is -2.00. The van der Waals surface area contributed by atoms with Crippen LogP contribution in [0.1, 0.15) is 19.5 Å². The van der Waals surface area contributed by atoms with E-state index >= 15 is 0 Å². The van der Waals surface area contributed by atoms with Crippen molar-refractivity contribution in [1.82, 2.24) is 10.3 Å². The van der Waals surface area contributed by atoms with Crippen LogP contribution in [0.2, 0.25) is 0 Å². The molecule has 0 saturated carbocycles. The number of allylic oxidation sites excluding steroid dienone is 1. The Bertz CT molecular complexity index is 261. The van der Waals surface area contributed by atoms with Crippen LogP contribution in [0, 0.1) is 0 Å². The van der Waals surface area contributed by atoms with E-state index in [1.807, 2.05) is 24.4 Å². The molecule has 1 aromatic rings. The molecule has 0 radical (unpaired) electrons. The van der Waals surface area contributed by atoms with E-state index in [2.05, 4.69) is 30.2 Å². The van der Waals surface area contributed by atoms with Crippen molar-refractivity contribution in [2.75, 3.05) is 6.54 Å². The quantitative estimate of drug-likeness (QED) is 0.561. The molecular weight excluding hydrogens is 160 g/mol. The second kappa shape index (κ2) is 5.49. The molecule has 0 aliphatic carbocycles. The maximum absolute atomic E-state index is 4.21. The Kier molecular flexibility index (Phi) is 4.19. The first kappa shape index (κ1) is 9.93. The fourth-order valence-corrected chi connectivity index (χ4v) is 0.979. The second-order valence-corrected chi connectivity index (χ2v) is 3.23. The Balaban J connectivity index is 2.25. The van der Waals surface area contributed by atoms with Gasteiger partial charge in [-0.05, 0) is 26.0 Å². The van der Waals surface area contributed by atoms with Crippen LogP contribution in [0.15, 0.2) is 36.0 Å². The summed E-state index contributed by atoms with van der Waals surface area (Å²) in [4.78, 5) is 4.21. The minimum atomic E-state index is 0.838. The SMILES string of the molecule is CC(C)=CCNCc1ccccn1. The molecule has 0 fully saturated rings. The largest absolute Gasteiger partial charge is 0.308 e. The van der Waals surface area contributed by atoms with Crippen molar-refractivity contribution in [2.24, 2.45) is 0 Å². The van der Waals surface area contributed by atoms with Gasteiger partial charge < -0.3 is 5.32 Å². The first-order chi connectivity index (χ1) is 6.29. The van der Waals surface area contributed by atoms with Crippen molar-refractivity contribution >= 4 is 0 Å². The van der Waals surface area contributed by atoms with Crippen molar-refractivity contribution in [3.63, 3.8) is 0 Å². The lowest BCUT2D eigenvalue weighted by Crippen LogP contribution is -2.13. The highest BCUT2D eigenvalue weighted by Crippen LogP contribution is 1.92. The van der Waals surface area contributed by atoms with E-state index in [0.29, 0.717) is 0 Å². The molecule has 0 saturated heterocycles. The molecular formula is C11H16N2. The molecule has 0 unspecified atom stereocenters. The van der Waals surface area contributed by atoms with E-state index in [4.69, 9.17) is 0 Å². The van der Waals surface area contributed by atoms with Gasteiger partial charge in [0.05, 0.1) is 5.69 Å². The maximum Gasteiger partial charge on any atom is 0.0541 e. The van der Waals surface area contributed by atoms with Crippen LogP contribution in [-0.2, 0) is 6.54 Å². The fraction of sp³-hybridized carbons (Fsp3) is 0.364. The maximum atomic E-state index is 4.21. The molecule has 70 valence electrons. The van der Waals surface area contributed by atoms with Crippen LogP contribution >= 0.6 is 0 Å². The van der Waals surface area contributed by atoms with E-state index in [0.717, 1.165) is 18.8 Å². The summed E-state index contributed by atoms with van der Waals surface area (Å²) < 4.78 is 0. The number of hydrogen-bond donors (Lipinski definition) is 1. The highest BCUT2D eigenvalue weighted by Gasteiger charge is 1.89. The minimum absolute atomic E-state index is 0.838. The summed E-state index contributed by atoms with van der Waals surface area (Å²) in [7, 11) is 0. The van der Waals surface area contributed by atoms with Crippen LogP contribution in [-0.4, -0.2) is 11.5 Å². The number of nitrogens with zero attached hydrogens (tertiary/aromatic N) is 1. The average Bonchev–Trinajstić information content (AvgIpc) is 2.14. The Hall–Kier alpha value is -1.15. The molecule has 0 aliphatic rings. The van der Waals surface area contributed by atoms with Gasteiger partial charge in [0.15, 0.2) is 0 Å². The monoisotopic (exact) mass is 176 g/mol. The molecule has 1 N–H and O–H groups in total. The normalized spacial score (nSPS) is 9.69. The summed E-state index contributed by atoms with van der Waals surface area (Å²) in [6, 6.07) is 5.96. The molecule has 0 spiro atoms. The van der Waals surface area contributed by atoms with Crippen molar-refractivity contribution in [3.8, 4) is 0 Å². The fourth-order valence-electron chi connectivity index (χ4n) is 0.979. The molecule has 0 aliphatic heterocycles. The third-order valence-corrected chi connectivity index (χ3v) is 1.69. The molecule has 1 aromatic heterocycles. The van der Waals surface area contributed by atoms with Gasteiger partial charge in [-0.25, -0.2) is 0 Å². The van der Waals surface area contributed by atoms with Gasteiger partial charge in [-0.1, -0.05) is 17.7 Å². The molecule has 13 heavy (non-hydrogen) atoms. The molecule has 2 nitrogen and oxygen atoms in total. The number of hydrogen-bond acceptors (Lipinski definition) is 2. The van der Waals surface area contributed by atoms with E-state index < -0.39 is 0 Å². The van der Waals surface area contributed by atoms with Gasteiger partial charge >= 0.3 is 0 Å². The van der Waals surface area contributed by atoms with Gasteiger partial charge in [0.2, 0.25) is 0 Å². The molecule has 1 rings (SSSR count). The van der Waals surface area contributed by atoms with Gasteiger partial charge in [0.1, 0.15) is 0 Å². The summed E-state index contributed by atoms with van der Waals surface area (Å²) in [5.41, 5.74) is 2.43. The highest BCUT2D eigenvalue weighted by atomic mass is 14.9. The van der Waals surface area contributed by atoms with E-state index in [1.54, 1.807) is 0 Å². The highest BCUT2D eigenvalue weighted by molar-refractivity contribution is 5.03. The van der Waals surface area contributed by atoms with Crippen molar-refractivity contribution < 1.29 is 0 Å². The molecule has 0 aromatic carbocycles. The number of aromatic nitrogens is 1. The van der Waals surface area contributed by atoms with Gasteiger partial charge in [-0.15, -0.1) is 0 Å². The Morgan fingerprint density at radius 1 is 1.46 bits per heavy atom. The summed E-state index contributed by atoms with van der Waals surface area (Å²) in [5, 5.41) is 3.29. The summed E-state index contributed by atoms with van der Waals surface area (Å²) in [6.07, 6.45) is 3.99. The second-order valence-electron chi connectivity index (χ2n) is 3.23. The van der Waals surface area contributed by atoms with E-state index in [9.17, 15) is 0 Å². The van der Waals surface area contributed by atoms with Gasteiger partial charge in [-0.2, -0.15) is 0 Å². The third-order valence-electron chi connectivity index (χ3n) is 1.69. The standard InChI is InChI=1S/C11H16N2/c1-10(2)6-8-12-9-11-5-3-4-7-13-11/h3-7,12H,8-9H2,1-2H3. The third kappa shape index (κ3) is 4.43. The molecule has 2 heteroatoms. The Morgan fingerprint density at radius 2 is 2.31 bits per heavy atom. The predicted octanol–water partition coefficient (Wildman–Crippen LogP) is 2.14. The first-order valence-electron chi connectivity index (χ1n) is 4.53. The van der Waals surface area contributed by atoms with Gasteiger partial charge in [0, 0.05) is 19.3 Å². The van der Waals surface area contributed by atoms with Crippen LogP contribution in [0.25, 0.3) is 0 Å². The zero-order chi connectivity index (χ0) is 9.52. The van der Waals surface area contributed by atoms with Crippen molar-refractivity contribution in [1.29, 1.82) is 0 Å². The van der Waals surface area contributed by atoms with Crippen LogP contribution in [0.3, 0.4) is 0 Å². The van der Waals surface area contributed by atoms with E-state index in [-0.39, 0.29) is 0 Å². The number of rotatable bonds is 4. The Labute approximate surface area is 79.7 Å². The lowest BCUT2D eigenvalue weighted by molar-refractivity contribution is 0.738. The average molecular weight is 176 g/mol. The summed E-state index contributed by atoms with van der Waals surface area (Å²) >= 11 is 0. The zero-order valence-electron chi connectivity index (χ0n) is 8.25. The first-order valence-corrected chi connectivity index (χ1v) is 4.53. The molecule has 1 heterocycles. The van der Waals surface area contributed by atoms with E-state index in [1.165, 1.54) is 5.57 Å². The molecule has 0 bridgehead atoms. The van der Waals surface area contributed by atoms with Crippen LogP contribution in [0.5, 0.6) is 0 Å². The predicted molar refractivity (Wildman–Crippen MR) is 55.4 cm³/mol. The van der Waals surface area contributed by atoms with Gasteiger partial charge in [-0.3, -0.25) is 4.98 Å². The van der Waals surface area contributed by atoms with Crippen LogP contribution in [0.4, 0.5) is 0 Å². The topological polar surface area (TPSA) is 24.9 Å². The lowest BCUT2D eigenvalue weighted by atomic mass is 10.3. The van der Waals surface area contributed by atoms with Crippen molar-refractivity contribution in [3.05, 3.63) is 41.7 Å².